The van der Waals surface area contributed by atoms with Crippen molar-refractivity contribution in [2.75, 3.05) is 0 Å². The van der Waals surface area contributed by atoms with Gasteiger partial charge in [0, 0.05) is 18.8 Å². The summed E-state index contributed by atoms with van der Waals surface area (Å²) in [6.07, 6.45) is -0.928. The van der Waals surface area contributed by atoms with Gasteiger partial charge >= 0.3 is 6.18 Å². The van der Waals surface area contributed by atoms with Crippen molar-refractivity contribution in [2.24, 2.45) is 5.92 Å². The minimum Gasteiger partial charge on any atom is -0.308 e. The highest BCUT2D eigenvalue weighted by molar-refractivity contribution is 5.16. The first-order chi connectivity index (χ1) is 7.97. The second-order valence-corrected chi connectivity index (χ2v) is 4.54. The lowest BCUT2D eigenvalue weighted by molar-refractivity contribution is -0.137. The molecule has 1 unspecified atom stereocenters. The van der Waals surface area contributed by atoms with Gasteiger partial charge in [0.15, 0.2) is 0 Å². The zero-order chi connectivity index (χ0) is 12.5. The molecule has 5 heteroatoms. The van der Waals surface area contributed by atoms with Crippen molar-refractivity contribution in [1.29, 1.82) is 0 Å². The van der Waals surface area contributed by atoms with E-state index in [2.05, 4.69) is 17.2 Å². The first kappa shape index (κ1) is 12.4. The molecule has 94 valence electrons. The molecule has 2 rings (SSSR count). The van der Waals surface area contributed by atoms with E-state index in [0.29, 0.717) is 18.3 Å². The second-order valence-electron chi connectivity index (χ2n) is 4.54. The SMILES string of the molecule is CC(NCc1ccc(C(F)(F)F)cn1)C1CC1. The highest BCUT2D eigenvalue weighted by Gasteiger charge is 2.30. The highest BCUT2D eigenvalue weighted by Crippen LogP contribution is 2.32. The van der Waals surface area contributed by atoms with Crippen LogP contribution < -0.4 is 5.32 Å². The molecule has 1 N–H and O–H groups in total. The van der Waals surface area contributed by atoms with Crippen LogP contribution in [0.4, 0.5) is 13.2 Å². The van der Waals surface area contributed by atoms with Gasteiger partial charge in [-0.1, -0.05) is 0 Å². The van der Waals surface area contributed by atoms with Gasteiger partial charge in [0.05, 0.1) is 11.3 Å². The Bertz CT molecular complexity index is 368. The van der Waals surface area contributed by atoms with Crippen LogP contribution >= 0.6 is 0 Å². The molecule has 0 radical (unpaired) electrons. The lowest BCUT2D eigenvalue weighted by Gasteiger charge is -2.12. The standard InChI is InChI=1S/C12H15F3N2/c1-8(9-2-3-9)16-7-11-5-4-10(6-17-11)12(13,14)15/h4-6,8-9,16H,2-3,7H2,1H3. The van der Waals surface area contributed by atoms with Gasteiger partial charge in [-0.3, -0.25) is 4.98 Å². The number of hydrogen-bond acceptors (Lipinski definition) is 2. The number of aromatic nitrogens is 1. The summed E-state index contributed by atoms with van der Waals surface area (Å²) in [4.78, 5) is 3.81. The summed E-state index contributed by atoms with van der Waals surface area (Å²) in [5.74, 6) is 0.726. The third-order valence-corrected chi connectivity index (χ3v) is 3.09. The summed E-state index contributed by atoms with van der Waals surface area (Å²) >= 11 is 0. The summed E-state index contributed by atoms with van der Waals surface area (Å²) in [5.41, 5.74) is -0.0537. The molecule has 1 aromatic heterocycles. The van der Waals surface area contributed by atoms with E-state index in [9.17, 15) is 13.2 Å². The largest absolute Gasteiger partial charge is 0.417 e. The maximum absolute atomic E-state index is 12.3. The van der Waals surface area contributed by atoms with Crippen molar-refractivity contribution in [3.05, 3.63) is 29.6 Å². The third kappa shape index (κ3) is 3.43. The molecule has 1 heterocycles. The molecular weight excluding hydrogens is 229 g/mol. The summed E-state index contributed by atoms with van der Waals surface area (Å²) in [7, 11) is 0. The molecule has 0 amide bonds. The Morgan fingerprint density at radius 3 is 2.59 bits per heavy atom. The number of rotatable bonds is 4. The molecule has 0 spiro atoms. The van der Waals surface area contributed by atoms with Gasteiger partial charge in [0.25, 0.3) is 0 Å². The summed E-state index contributed by atoms with van der Waals surface area (Å²) < 4.78 is 36.9. The fourth-order valence-electron chi connectivity index (χ4n) is 1.73. The van der Waals surface area contributed by atoms with Crippen molar-refractivity contribution >= 4 is 0 Å². The minimum absolute atomic E-state index is 0.416. The van der Waals surface area contributed by atoms with Gasteiger partial charge in [0.1, 0.15) is 0 Å². The van der Waals surface area contributed by atoms with Gasteiger partial charge < -0.3 is 5.32 Å². The predicted molar refractivity (Wildman–Crippen MR) is 58.3 cm³/mol. The normalized spacial score (nSPS) is 18.1. The second kappa shape index (κ2) is 4.64. The van der Waals surface area contributed by atoms with E-state index in [1.807, 2.05) is 0 Å². The molecule has 17 heavy (non-hydrogen) atoms. The number of alkyl halides is 3. The monoisotopic (exact) mass is 244 g/mol. The molecule has 1 atom stereocenters. The maximum Gasteiger partial charge on any atom is 0.417 e. The molecule has 1 aliphatic rings. The Morgan fingerprint density at radius 2 is 2.12 bits per heavy atom. The minimum atomic E-state index is -4.31. The van der Waals surface area contributed by atoms with Crippen molar-refractivity contribution in [2.45, 2.75) is 38.5 Å². The van der Waals surface area contributed by atoms with Crippen LogP contribution in [0.15, 0.2) is 18.3 Å². The zero-order valence-electron chi connectivity index (χ0n) is 9.59. The highest BCUT2D eigenvalue weighted by atomic mass is 19.4. The predicted octanol–water partition coefficient (Wildman–Crippen LogP) is 2.99. The van der Waals surface area contributed by atoms with Crippen LogP contribution in [0.5, 0.6) is 0 Å². The first-order valence-corrected chi connectivity index (χ1v) is 5.72. The smallest absolute Gasteiger partial charge is 0.308 e. The maximum atomic E-state index is 12.3. The Labute approximate surface area is 98.2 Å². The number of pyridine rings is 1. The average Bonchev–Trinajstić information content (AvgIpc) is 3.09. The molecule has 1 saturated carbocycles. The Balaban J connectivity index is 1.89. The quantitative estimate of drug-likeness (QED) is 0.880. The summed E-state index contributed by atoms with van der Waals surface area (Å²) in [6.45, 7) is 2.62. The zero-order valence-corrected chi connectivity index (χ0v) is 9.59. The van der Waals surface area contributed by atoms with Crippen LogP contribution in [0.25, 0.3) is 0 Å². The van der Waals surface area contributed by atoms with Gasteiger partial charge in [-0.05, 0) is 37.8 Å². The molecule has 0 saturated heterocycles. The van der Waals surface area contributed by atoms with Crippen molar-refractivity contribution in [1.82, 2.24) is 10.3 Å². The Morgan fingerprint density at radius 1 is 1.41 bits per heavy atom. The average molecular weight is 244 g/mol. The van der Waals surface area contributed by atoms with Crippen LogP contribution in [0.1, 0.15) is 31.0 Å². The van der Waals surface area contributed by atoms with Crippen LogP contribution in [0.2, 0.25) is 0 Å². The Hall–Kier alpha value is -1.10. The molecule has 1 aliphatic carbocycles. The number of halogens is 3. The molecule has 0 bridgehead atoms. The molecular formula is C12H15F3N2. The fourth-order valence-corrected chi connectivity index (χ4v) is 1.73. The fraction of sp³-hybridized carbons (Fsp3) is 0.583. The van der Waals surface area contributed by atoms with Crippen LogP contribution in [-0.4, -0.2) is 11.0 Å². The van der Waals surface area contributed by atoms with E-state index in [4.69, 9.17) is 0 Å². The molecule has 0 aliphatic heterocycles. The van der Waals surface area contributed by atoms with E-state index in [-0.39, 0.29) is 0 Å². The lowest BCUT2D eigenvalue weighted by atomic mass is 10.2. The summed E-state index contributed by atoms with van der Waals surface area (Å²) in [5, 5.41) is 3.28. The van der Waals surface area contributed by atoms with Crippen LogP contribution in [-0.2, 0) is 12.7 Å². The van der Waals surface area contributed by atoms with E-state index in [1.165, 1.54) is 18.9 Å². The van der Waals surface area contributed by atoms with Crippen LogP contribution in [0, 0.1) is 5.92 Å². The number of nitrogens with one attached hydrogen (secondary N) is 1. The molecule has 0 aromatic carbocycles. The lowest BCUT2D eigenvalue weighted by Crippen LogP contribution is -2.27. The Kier molecular flexibility index (Phi) is 3.38. The van der Waals surface area contributed by atoms with Crippen molar-refractivity contribution in [3.63, 3.8) is 0 Å². The molecule has 1 aromatic rings. The van der Waals surface area contributed by atoms with Gasteiger partial charge in [-0.25, -0.2) is 0 Å². The van der Waals surface area contributed by atoms with Crippen LogP contribution in [0.3, 0.4) is 0 Å². The van der Waals surface area contributed by atoms with Gasteiger partial charge in [0.2, 0.25) is 0 Å². The van der Waals surface area contributed by atoms with E-state index in [1.54, 1.807) is 0 Å². The molecule has 1 fully saturated rings. The first-order valence-electron chi connectivity index (χ1n) is 5.72. The topological polar surface area (TPSA) is 24.9 Å². The van der Waals surface area contributed by atoms with Crippen molar-refractivity contribution in [3.8, 4) is 0 Å². The molecule has 2 nitrogen and oxygen atoms in total. The van der Waals surface area contributed by atoms with E-state index >= 15 is 0 Å². The van der Waals surface area contributed by atoms with Gasteiger partial charge in [-0.15, -0.1) is 0 Å². The number of hydrogen-bond donors (Lipinski definition) is 1. The van der Waals surface area contributed by atoms with E-state index < -0.39 is 11.7 Å². The third-order valence-electron chi connectivity index (χ3n) is 3.09. The van der Waals surface area contributed by atoms with Crippen molar-refractivity contribution < 1.29 is 13.2 Å². The number of nitrogens with zero attached hydrogens (tertiary/aromatic N) is 1. The van der Waals surface area contributed by atoms with E-state index in [0.717, 1.165) is 18.2 Å². The summed E-state index contributed by atoms with van der Waals surface area (Å²) in [6, 6.07) is 2.92. The van der Waals surface area contributed by atoms with Gasteiger partial charge in [-0.2, -0.15) is 13.2 Å².